The van der Waals surface area contributed by atoms with Gasteiger partial charge in [-0.1, -0.05) is 0 Å². The van der Waals surface area contributed by atoms with E-state index in [2.05, 4.69) is 5.32 Å². The molecule has 0 bridgehead atoms. The third-order valence-corrected chi connectivity index (χ3v) is 6.24. The Balaban J connectivity index is 2.30. The lowest BCUT2D eigenvalue weighted by Crippen LogP contribution is -2.40. The molecule has 0 unspecified atom stereocenters. The average molecular weight is 403 g/mol. The van der Waals surface area contributed by atoms with Gasteiger partial charge in [-0.15, -0.1) is 0 Å². The minimum absolute atomic E-state index is 0.0986. The summed E-state index contributed by atoms with van der Waals surface area (Å²) in [5.41, 5.74) is 0.374. The molecule has 0 atom stereocenters. The van der Waals surface area contributed by atoms with Crippen LogP contribution in [0.2, 0.25) is 0 Å². The molecule has 1 fully saturated rings. The maximum absolute atomic E-state index is 12.8. The smallest absolute Gasteiger partial charge is 0.243 e. The van der Waals surface area contributed by atoms with Crippen LogP contribution in [0.5, 0.6) is 5.75 Å². The number of nitrogens with zero attached hydrogens (tertiary/aromatic N) is 1. The van der Waals surface area contributed by atoms with Crippen molar-refractivity contribution in [3.05, 3.63) is 18.2 Å². The zero-order valence-electron chi connectivity index (χ0n) is 15.4. The van der Waals surface area contributed by atoms with Gasteiger partial charge in [-0.2, -0.15) is 16.1 Å². The Bertz CT molecular complexity index is 716. The van der Waals surface area contributed by atoms with Crippen LogP contribution < -0.4 is 10.1 Å². The van der Waals surface area contributed by atoms with Crippen molar-refractivity contribution in [2.24, 2.45) is 0 Å². The first kappa shape index (κ1) is 21.0. The van der Waals surface area contributed by atoms with Crippen molar-refractivity contribution in [2.45, 2.75) is 31.3 Å². The van der Waals surface area contributed by atoms with Crippen LogP contribution in [0.25, 0.3) is 0 Å². The van der Waals surface area contributed by atoms with Gasteiger partial charge in [-0.05, 0) is 38.3 Å². The van der Waals surface area contributed by atoms with Gasteiger partial charge in [-0.3, -0.25) is 4.79 Å². The number of rotatable bonds is 8. The van der Waals surface area contributed by atoms with E-state index in [1.807, 2.05) is 20.1 Å². The minimum atomic E-state index is -3.64. The van der Waals surface area contributed by atoms with E-state index >= 15 is 0 Å². The minimum Gasteiger partial charge on any atom is -0.489 e. The monoisotopic (exact) mass is 402 g/mol. The summed E-state index contributed by atoms with van der Waals surface area (Å²) in [6.07, 6.45) is 2.18. The van der Waals surface area contributed by atoms with Gasteiger partial charge in [0.05, 0.1) is 29.9 Å². The van der Waals surface area contributed by atoms with Gasteiger partial charge < -0.3 is 14.8 Å². The Hall–Kier alpha value is -1.29. The van der Waals surface area contributed by atoms with Crippen molar-refractivity contribution in [3.63, 3.8) is 0 Å². The van der Waals surface area contributed by atoms with Crippen molar-refractivity contribution in [1.29, 1.82) is 0 Å². The Labute approximate surface area is 159 Å². The highest BCUT2D eigenvalue weighted by Gasteiger charge is 2.27. The van der Waals surface area contributed by atoms with E-state index in [0.717, 1.165) is 0 Å². The fourth-order valence-electron chi connectivity index (χ4n) is 2.47. The summed E-state index contributed by atoms with van der Waals surface area (Å²) in [6.45, 7) is 5.15. The van der Waals surface area contributed by atoms with E-state index in [-0.39, 0.29) is 16.9 Å². The fraction of sp³-hybridized carbons (Fsp3) is 0.588. The van der Waals surface area contributed by atoms with Gasteiger partial charge in [0.1, 0.15) is 5.75 Å². The maximum Gasteiger partial charge on any atom is 0.243 e. The quantitative estimate of drug-likeness (QED) is 0.717. The van der Waals surface area contributed by atoms with Crippen molar-refractivity contribution in [1.82, 2.24) is 4.31 Å². The predicted molar refractivity (Wildman–Crippen MR) is 103 cm³/mol. The summed E-state index contributed by atoms with van der Waals surface area (Å²) >= 11 is 1.58. The molecule has 26 heavy (non-hydrogen) atoms. The molecule has 1 aromatic rings. The number of nitrogens with one attached hydrogen (secondary N) is 1. The van der Waals surface area contributed by atoms with Crippen LogP contribution in [0.3, 0.4) is 0 Å². The molecule has 146 valence electrons. The molecule has 0 aliphatic carbocycles. The molecule has 1 saturated heterocycles. The van der Waals surface area contributed by atoms with E-state index in [1.165, 1.54) is 16.4 Å². The second kappa shape index (κ2) is 9.59. The van der Waals surface area contributed by atoms with Crippen LogP contribution in [0.15, 0.2) is 23.1 Å². The van der Waals surface area contributed by atoms with Gasteiger partial charge in [0.2, 0.25) is 15.9 Å². The Morgan fingerprint density at radius 3 is 2.65 bits per heavy atom. The molecule has 1 aliphatic rings. The lowest BCUT2D eigenvalue weighted by atomic mass is 10.2. The Morgan fingerprint density at radius 2 is 2.04 bits per heavy atom. The van der Waals surface area contributed by atoms with Crippen LogP contribution >= 0.6 is 11.8 Å². The van der Waals surface area contributed by atoms with Crippen molar-refractivity contribution in [2.75, 3.05) is 43.6 Å². The number of benzene rings is 1. The Kier molecular flexibility index (Phi) is 7.75. The topological polar surface area (TPSA) is 84.9 Å². The summed E-state index contributed by atoms with van der Waals surface area (Å²) < 4.78 is 38.0. The molecule has 1 aromatic carbocycles. The standard InChI is InChI=1S/C17H26N2O5S2/c1-13(2)24-16-5-4-14(12-15(16)18-17(20)6-11-25-3)26(21,22)19-7-9-23-10-8-19/h4-5,12-13H,6-11H2,1-3H3,(H,18,20). The molecule has 0 spiro atoms. The molecule has 1 aliphatic heterocycles. The van der Waals surface area contributed by atoms with Gasteiger partial charge >= 0.3 is 0 Å². The first-order valence-corrected chi connectivity index (χ1v) is 11.4. The third kappa shape index (κ3) is 5.60. The van der Waals surface area contributed by atoms with Crippen LogP contribution in [0.1, 0.15) is 20.3 Å². The van der Waals surface area contributed by atoms with E-state index < -0.39 is 10.0 Å². The van der Waals surface area contributed by atoms with Gasteiger partial charge in [0, 0.05) is 25.3 Å². The molecule has 0 aromatic heterocycles. The van der Waals surface area contributed by atoms with Crippen LogP contribution in [-0.4, -0.2) is 63.0 Å². The number of morpholine rings is 1. The summed E-state index contributed by atoms with van der Waals surface area (Å²) in [4.78, 5) is 12.3. The van der Waals surface area contributed by atoms with Gasteiger partial charge in [-0.25, -0.2) is 8.42 Å². The highest BCUT2D eigenvalue weighted by Crippen LogP contribution is 2.30. The van der Waals surface area contributed by atoms with Gasteiger partial charge in [0.25, 0.3) is 0 Å². The van der Waals surface area contributed by atoms with Crippen molar-refractivity contribution < 1.29 is 22.7 Å². The average Bonchev–Trinajstić information content (AvgIpc) is 2.61. The zero-order valence-corrected chi connectivity index (χ0v) is 17.0. The van der Waals surface area contributed by atoms with Crippen LogP contribution in [-0.2, 0) is 19.6 Å². The third-order valence-electron chi connectivity index (χ3n) is 3.73. The van der Waals surface area contributed by atoms with Crippen LogP contribution in [0, 0.1) is 0 Å². The predicted octanol–water partition coefficient (Wildman–Crippen LogP) is 2.19. The number of anilines is 1. The van der Waals surface area contributed by atoms with E-state index in [4.69, 9.17) is 9.47 Å². The summed E-state index contributed by atoms with van der Waals surface area (Å²) in [7, 11) is -3.64. The zero-order chi connectivity index (χ0) is 19.2. The molecular formula is C17H26N2O5S2. The Morgan fingerprint density at radius 1 is 1.35 bits per heavy atom. The first-order chi connectivity index (χ1) is 12.3. The van der Waals surface area contributed by atoms with E-state index in [9.17, 15) is 13.2 Å². The molecule has 1 N–H and O–H groups in total. The normalized spacial score (nSPS) is 15.8. The van der Waals surface area contributed by atoms with E-state index in [0.29, 0.717) is 49.9 Å². The number of hydrogen-bond acceptors (Lipinski definition) is 6. The summed E-state index contributed by atoms with van der Waals surface area (Å²) in [5, 5.41) is 2.78. The molecule has 1 heterocycles. The number of sulfonamides is 1. The molecule has 1 amide bonds. The molecular weight excluding hydrogens is 376 g/mol. The SMILES string of the molecule is CSCCC(=O)Nc1cc(S(=O)(=O)N2CCOCC2)ccc1OC(C)C. The van der Waals surface area contributed by atoms with Gasteiger partial charge in [0.15, 0.2) is 0 Å². The van der Waals surface area contributed by atoms with Crippen molar-refractivity contribution >= 4 is 33.4 Å². The number of carbonyl (C=O) groups excluding carboxylic acids is 1. The van der Waals surface area contributed by atoms with Crippen molar-refractivity contribution in [3.8, 4) is 5.75 Å². The number of thioether (sulfide) groups is 1. The number of ether oxygens (including phenoxy) is 2. The summed E-state index contributed by atoms with van der Waals surface area (Å²) in [6, 6.07) is 4.58. The largest absolute Gasteiger partial charge is 0.489 e. The molecule has 7 nitrogen and oxygen atoms in total. The fourth-order valence-corrected chi connectivity index (χ4v) is 4.29. The summed E-state index contributed by atoms with van der Waals surface area (Å²) in [5.74, 6) is 0.977. The highest BCUT2D eigenvalue weighted by atomic mass is 32.2. The lowest BCUT2D eigenvalue weighted by Gasteiger charge is -2.26. The lowest BCUT2D eigenvalue weighted by molar-refractivity contribution is -0.115. The van der Waals surface area contributed by atoms with E-state index in [1.54, 1.807) is 17.8 Å². The maximum atomic E-state index is 12.8. The molecule has 0 saturated carbocycles. The second-order valence-electron chi connectivity index (χ2n) is 6.13. The number of amides is 1. The molecule has 9 heteroatoms. The molecule has 0 radical (unpaired) electrons. The second-order valence-corrected chi connectivity index (χ2v) is 9.06. The molecule has 2 rings (SSSR count). The highest BCUT2D eigenvalue weighted by molar-refractivity contribution is 7.98. The first-order valence-electron chi connectivity index (χ1n) is 8.52. The number of carbonyl (C=O) groups is 1. The van der Waals surface area contributed by atoms with Crippen LogP contribution in [0.4, 0.5) is 5.69 Å². The number of hydrogen-bond donors (Lipinski definition) is 1.